The van der Waals surface area contributed by atoms with Crippen LogP contribution < -0.4 is 5.19 Å². The molecular weight excluding hydrogens is 473 g/mol. The molecule has 0 atom stereocenters. The molecule has 0 spiro atoms. The number of hydrogen-bond donors (Lipinski definition) is 0. The van der Waals surface area contributed by atoms with Gasteiger partial charge in [0.15, 0.2) is 0 Å². The van der Waals surface area contributed by atoms with Crippen LogP contribution in [0.5, 0.6) is 0 Å². The third-order valence-corrected chi connectivity index (χ3v) is 15.8. The van der Waals surface area contributed by atoms with Crippen molar-refractivity contribution in [3.8, 4) is 11.3 Å². The molecular formula is C32H36N2SSi. The van der Waals surface area contributed by atoms with E-state index in [0.29, 0.717) is 0 Å². The molecule has 2 aromatic heterocycles. The Bertz CT molecular complexity index is 1590. The van der Waals surface area contributed by atoms with Gasteiger partial charge in [-0.25, -0.2) is 9.97 Å². The van der Waals surface area contributed by atoms with Crippen molar-refractivity contribution in [1.82, 2.24) is 9.97 Å². The van der Waals surface area contributed by atoms with Gasteiger partial charge in [-0.2, -0.15) is 0 Å². The zero-order valence-electron chi connectivity index (χ0n) is 22.7. The van der Waals surface area contributed by atoms with Crippen LogP contribution in [0.1, 0.15) is 53.4 Å². The molecule has 4 heteroatoms. The van der Waals surface area contributed by atoms with Crippen LogP contribution in [0, 0.1) is 5.92 Å². The van der Waals surface area contributed by atoms with Crippen LogP contribution in [0.25, 0.3) is 42.3 Å². The number of aromatic nitrogens is 2. The lowest BCUT2D eigenvalue weighted by Gasteiger charge is -2.30. The molecule has 1 aliphatic rings. The van der Waals surface area contributed by atoms with Crippen molar-refractivity contribution < 1.29 is 1.37 Å². The first-order chi connectivity index (χ1) is 18.0. The number of hydrogen-bond acceptors (Lipinski definition) is 3. The Hall–Kier alpha value is -2.56. The monoisotopic (exact) mass is 509 g/mol. The second kappa shape index (κ2) is 9.72. The Kier molecular flexibility index (Phi) is 6.11. The fourth-order valence-corrected chi connectivity index (χ4v) is 11.8. The second-order valence-corrected chi connectivity index (χ2v) is 17.0. The lowest BCUT2D eigenvalue weighted by molar-refractivity contribution is 0.547. The summed E-state index contributed by atoms with van der Waals surface area (Å²) in [5.41, 5.74) is 4.43. The molecule has 1 aliphatic carbocycles. The lowest BCUT2D eigenvalue weighted by atomic mass is 9.97. The van der Waals surface area contributed by atoms with Crippen molar-refractivity contribution >= 4 is 55.7 Å². The minimum atomic E-state index is -1.65. The maximum Gasteiger partial charge on any atom is 0.116 e. The molecule has 0 amide bonds. The van der Waals surface area contributed by atoms with E-state index in [-0.39, 0.29) is 6.30 Å². The zero-order chi connectivity index (χ0) is 25.6. The predicted octanol–water partition coefficient (Wildman–Crippen LogP) is 9.11. The molecule has 1 fully saturated rings. The maximum atomic E-state index is 8.51. The smallest absolute Gasteiger partial charge is 0.116 e. The van der Waals surface area contributed by atoms with Gasteiger partial charge in [-0.15, -0.1) is 11.3 Å². The van der Waals surface area contributed by atoms with Crippen LogP contribution in [0.3, 0.4) is 0 Å². The van der Waals surface area contributed by atoms with Crippen molar-refractivity contribution in [2.45, 2.75) is 71.0 Å². The van der Waals surface area contributed by atoms with E-state index >= 15 is 0 Å². The van der Waals surface area contributed by atoms with Crippen molar-refractivity contribution in [2.24, 2.45) is 5.92 Å². The minimum absolute atomic E-state index is 0.108. The third kappa shape index (κ3) is 3.99. The van der Waals surface area contributed by atoms with Gasteiger partial charge in [0.2, 0.25) is 0 Å². The summed E-state index contributed by atoms with van der Waals surface area (Å²) in [5.74, 6) is 0.832. The predicted molar refractivity (Wildman–Crippen MR) is 160 cm³/mol. The summed E-state index contributed by atoms with van der Waals surface area (Å²) in [7, 11) is -1.65. The van der Waals surface area contributed by atoms with E-state index in [1.165, 1.54) is 71.3 Å². The standard InChI is InChI=1S/C32H36N2SSi/c1-4-36(5-2,6-3)29-20-25(19-24-13-9-10-14-26(24)29)30-32-31(34-21-33-30)27-16-15-23(18-28(27)35-32)17-22-11-7-8-12-22/h9-10,13-16,18-22H,4-8,11-12,17H2,1-3H3/i21D. The Morgan fingerprint density at radius 2 is 1.69 bits per heavy atom. The van der Waals surface area contributed by atoms with E-state index in [4.69, 9.17) is 6.35 Å². The third-order valence-electron chi connectivity index (χ3n) is 9.00. The van der Waals surface area contributed by atoms with Crippen LogP contribution in [0.2, 0.25) is 18.1 Å². The molecule has 2 nitrogen and oxygen atoms in total. The number of benzene rings is 3. The summed E-state index contributed by atoms with van der Waals surface area (Å²) in [6, 6.07) is 24.2. The van der Waals surface area contributed by atoms with Gasteiger partial charge in [-0.05, 0) is 40.8 Å². The highest BCUT2D eigenvalue weighted by Gasteiger charge is 2.31. The van der Waals surface area contributed by atoms with Gasteiger partial charge in [-0.1, -0.05) is 112 Å². The van der Waals surface area contributed by atoms with Crippen molar-refractivity contribution in [1.29, 1.82) is 0 Å². The van der Waals surface area contributed by atoms with Gasteiger partial charge < -0.3 is 0 Å². The average molecular weight is 510 g/mol. The molecule has 0 radical (unpaired) electrons. The van der Waals surface area contributed by atoms with E-state index in [9.17, 15) is 0 Å². The largest absolute Gasteiger partial charge is 0.235 e. The quantitative estimate of drug-likeness (QED) is 0.204. The Labute approximate surface area is 221 Å². The van der Waals surface area contributed by atoms with Crippen LogP contribution in [0.15, 0.2) is 60.9 Å². The molecule has 0 unspecified atom stereocenters. The first-order valence-electron chi connectivity index (χ1n) is 14.3. The van der Waals surface area contributed by atoms with Gasteiger partial charge in [0.1, 0.15) is 7.67 Å². The first-order valence-corrected chi connectivity index (χ1v) is 17.2. The van der Waals surface area contributed by atoms with E-state index in [0.717, 1.165) is 32.8 Å². The highest BCUT2D eigenvalue weighted by atomic mass is 32.1. The van der Waals surface area contributed by atoms with Gasteiger partial charge >= 0.3 is 0 Å². The Morgan fingerprint density at radius 1 is 0.917 bits per heavy atom. The highest BCUT2D eigenvalue weighted by molar-refractivity contribution is 7.26. The summed E-state index contributed by atoms with van der Waals surface area (Å²) in [6.07, 6.45) is 6.78. The number of fused-ring (bicyclic) bond motifs is 4. The molecule has 6 rings (SSSR count). The number of nitrogens with zero attached hydrogens (tertiary/aromatic N) is 2. The molecule has 3 aromatic carbocycles. The van der Waals surface area contributed by atoms with E-state index in [2.05, 4.69) is 80.4 Å². The highest BCUT2D eigenvalue weighted by Crippen LogP contribution is 2.39. The summed E-state index contributed by atoms with van der Waals surface area (Å²) < 4.78 is 10.9. The van der Waals surface area contributed by atoms with Crippen LogP contribution in [-0.4, -0.2) is 18.0 Å². The summed E-state index contributed by atoms with van der Waals surface area (Å²) in [6.45, 7) is 7.13. The van der Waals surface area contributed by atoms with Crippen molar-refractivity contribution in [2.75, 3.05) is 0 Å². The fourth-order valence-electron chi connectivity index (χ4n) is 6.65. The topological polar surface area (TPSA) is 25.8 Å². The van der Waals surface area contributed by atoms with Crippen LogP contribution in [-0.2, 0) is 6.42 Å². The average Bonchev–Trinajstić information content (AvgIpc) is 3.57. The van der Waals surface area contributed by atoms with E-state index in [1.54, 1.807) is 16.5 Å². The molecule has 36 heavy (non-hydrogen) atoms. The summed E-state index contributed by atoms with van der Waals surface area (Å²) in [4.78, 5) is 9.40. The Morgan fingerprint density at radius 3 is 2.47 bits per heavy atom. The molecule has 2 heterocycles. The molecule has 0 bridgehead atoms. The van der Waals surface area contributed by atoms with E-state index in [1.807, 2.05) is 0 Å². The molecule has 0 aliphatic heterocycles. The molecule has 5 aromatic rings. The normalized spacial score (nSPS) is 15.4. The molecule has 184 valence electrons. The zero-order valence-corrected chi connectivity index (χ0v) is 23.5. The number of rotatable bonds is 7. The SMILES string of the molecule is [2H]c1nc(-c2cc([Si](CC)(CC)CC)c3ccccc3c2)c2sc3cc(CC4CCCC4)ccc3c2n1. The lowest BCUT2D eigenvalue weighted by Crippen LogP contribution is -2.46. The van der Waals surface area contributed by atoms with Crippen molar-refractivity contribution in [3.63, 3.8) is 0 Å². The summed E-state index contributed by atoms with van der Waals surface area (Å²) in [5, 5.41) is 5.38. The van der Waals surface area contributed by atoms with Crippen molar-refractivity contribution in [3.05, 3.63) is 66.5 Å². The molecule has 0 saturated heterocycles. The molecule has 1 saturated carbocycles. The van der Waals surface area contributed by atoms with Gasteiger partial charge in [0.05, 0.1) is 24.0 Å². The second-order valence-electron chi connectivity index (χ2n) is 10.7. The van der Waals surface area contributed by atoms with E-state index < -0.39 is 8.07 Å². The van der Waals surface area contributed by atoms with Gasteiger partial charge in [0, 0.05) is 15.6 Å². The van der Waals surface area contributed by atoms with Crippen LogP contribution >= 0.6 is 11.3 Å². The Balaban J connectivity index is 1.55. The minimum Gasteiger partial charge on any atom is -0.235 e. The first kappa shape index (κ1) is 22.6. The van der Waals surface area contributed by atoms with Gasteiger partial charge in [0.25, 0.3) is 0 Å². The fraction of sp³-hybridized carbons (Fsp3) is 0.375. The van der Waals surface area contributed by atoms with Gasteiger partial charge in [-0.3, -0.25) is 0 Å². The summed E-state index contributed by atoms with van der Waals surface area (Å²) >= 11 is 1.80. The number of thiophene rings is 1. The van der Waals surface area contributed by atoms with Crippen LogP contribution in [0.4, 0.5) is 0 Å². The molecule has 0 N–H and O–H groups in total. The maximum absolute atomic E-state index is 8.51.